The minimum atomic E-state index is -1.40. The summed E-state index contributed by atoms with van der Waals surface area (Å²) >= 11 is 0. The minimum Gasteiger partial charge on any atom is -0.250 e. The van der Waals surface area contributed by atoms with E-state index in [1.54, 1.807) is 26.0 Å². The van der Waals surface area contributed by atoms with Crippen molar-refractivity contribution in [3.8, 4) is 24.3 Å². The van der Waals surface area contributed by atoms with Gasteiger partial charge in [0.15, 0.2) is 10.8 Å². The molecule has 0 amide bonds. The molecule has 0 radical (unpaired) electrons. The molecule has 0 aromatic rings. The molecule has 104 valence electrons. The first-order valence-corrected chi connectivity index (χ1v) is 6.43. The van der Waals surface area contributed by atoms with Crippen molar-refractivity contribution < 1.29 is 0 Å². The average Bonchev–Trinajstić information content (AvgIpc) is 2.41. The van der Waals surface area contributed by atoms with Gasteiger partial charge >= 0.3 is 0 Å². The van der Waals surface area contributed by atoms with E-state index in [9.17, 15) is 21.0 Å². The van der Waals surface area contributed by atoms with Crippen molar-refractivity contribution in [2.45, 2.75) is 26.3 Å². The number of hydrazine groups is 1. The summed E-state index contributed by atoms with van der Waals surface area (Å²) in [7, 11) is 3.57. The summed E-state index contributed by atoms with van der Waals surface area (Å²) in [5.41, 5.74) is 0.381. The van der Waals surface area contributed by atoms with Gasteiger partial charge in [-0.05, 0) is 12.3 Å². The van der Waals surface area contributed by atoms with Crippen LogP contribution >= 0.6 is 0 Å². The van der Waals surface area contributed by atoms with Gasteiger partial charge < -0.3 is 0 Å². The van der Waals surface area contributed by atoms with Gasteiger partial charge in [-0.1, -0.05) is 13.8 Å². The maximum absolute atomic E-state index is 9.55. The van der Waals surface area contributed by atoms with E-state index in [1.807, 2.05) is 6.92 Å². The van der Waals surface area contributed by atoms with Gasteiger partial charge in [-0.25, -0.2) is 5.43 Å². The summed E-state index contributed by atoms with van der Waals surface area (Å²) < 4.78 is 0. The number of nitrogens with zero attached hydrogens (tertiary/aromatic N) is 5. The highest BCUT2D eigenvalue weighted by molar-refractivity contribution is 5.33. The highest BCUT2D eigenvalue weighted by Crippen LogP contribution is 2.53. The van der Waals surface area contributed by atoms with E-state index in [2.05, 4.69) is 29.7 Å². The molecular formula is C14H18N6. The summed E-state index contributed by atoms with van der Waals surface area (Å²) in [6, 6.07) is 7.84. The number of nitrogens with one attached hydrogen (secondary N) is 1. The Morgan fingerprint density at radius 1 is 0.950 bits per heavy atom. The number of hydrogen-bond acceptors (Lipinski definition) is 6. The normalized spacial score (nSPS) is 30.6. The second kappa shape index (κ2) is 5.48. The van der Waals surface area contributed by atoms with Crippen LogP contribution in [0.2, 0.25) is 0 Å². The summed E-state index contributed by atoms with van der Waals surface area (Å²) in [5.74, 6) is -0.888. The Balaban J connectivity index is 3.42. The molecule has 1 aliphatic rings. The lowest BCUT2D eigenvalue weighted by Crippen LogP contribution is -2.61. The maximum atomic E-state index is 9.55. The van der Waals surface area contributed by atoms with Crippen molar-refractivity contribution in [2.75, 3.05) is 14.1 Å². The van der Waals surface area contributed by atoms with E-state index in [4.69, 9.17) is 0 Å². The van der Waals surface area contributed by atoms with Crippen LogP contribution in [0, 0.1) is 68.0 Å². The Morgan fingerprint density at radius 3 is 1.75 bits per heavy atom. The van der Waals surface area contributed by atoms with E-state index in [-0.39, 0.29) is 5.92 Å². The van der Waals surface area contributed by atoms with Crippen LogP contribution in [-0.2, 0) is 0 Å². The number of nitriles is 4. The summed E-state index contributed by atoms with van der Waals surface area (Å²) in [6.45, 7) is 3.48. The van der Waals surface area contributed by atoms with Crippen molar-refractivity contribution in [1.29, 1.82) is 21.0 Å². The van der Waals surface area contributed by atoms with Gasteiger partial charge in [0.2, 0.25) is 0 Å². The fourth-order valence-corrected chi connectivity index (χ4v) is 3.09. The van der Waals surface area contributed by atoms with E-state index >= 15 is 0 Å². The van der Waals surface area contributed by atoms with Gasteiger partial charge in [-0.15, -0.1) is 0 Å². The standard InChI is InChI=1S/C14H18N6/c1-10-5-12(19-20(3)4)14(8-17,9-18)11(2)13(10,6-15)7-16/h10-12,19H,5H2,1-4H3/t10-,11+,12+/m1/s1. The molecular weight excluding hydrogens is 252 g/mol. The zero-order valence-corrected chi connectivity index (χ0v) is 12.2. The van der Waals surface area contributed by atoms with Crippen LogP contribution in [0.3, 0.4) is 0 Å². The van der Waals surface area contributed by atoms with E-state index in [1.165, 1.54) is 0 Å². The minimum absolute atomic E-state index is 0.222. The van der Waals surface area contributed by atoms with Gasteiger partial charge in [0, 0.05) is 20.0 Å². The van der Waals surface area contributed by atoms with Crippen LogP contribution in [0.5, 0.6) is 0 Å². The third-order valence-corrected chi connectivity index (χ3v) is 4.44. The predicted octanol–water partition coefficient (Wildman–Crippen LogP) is 1.16. The summed E-state index contributed by atoms with van der Waals surface area (Å²) in [6.07, 6.45) is 0.421. The molecule has 1 rings (SSSR count). The number of hydrogen-bond donors (Lipinski definition) is 1. The van der Waals surface area contributed by atoms with Gasteiger partial charge in [0.25, 0.3) is 0 Å². The molecule has 6 heteroatoms. The zero-order valence-electron chi connectivity index (χ0n) is 12.2. The van der Waals surface area contributed by atoms with Crippen LogP contribution in [0.25, 0.3) is 0 Å². The van der Waals surface area contributed by atoms with E-state index in [0.717, 1.165) is 0 Å². The molecule has 0 aromatic carbocycles. The molecule has 1 aliphatic carbocycles. The molecule has 0 spiro atoms. The fraction of sp³-hybridized carbons (Fsp3) is 0.714. The van der Waals surface area contributed by atoms with Crippen molar-refractivity contribution in [3.05, 3.63) is 0 Å². The molecule has 0 aromatic heterocycles. The lowest BCUT2D eigenvalue weighted by molar-refractivity contribution is 0.0221. The van der Waals surface area contributed by atoms with Gasteiger partial charge in [-0.2, -0.15) is 21.0 Å². The Hall–Kier alpha value is -2.12. The third kappa shape index (κ3) is 2.00. The highest BCUT2D eigenvalue weighted by Gasteiger charge is 2.61. The SMILES string of the molecule is C[C@H]1C(C#N)(C#N)[C@H](C)C[C@H](NN(C)C)C1(C#N)C#N. The second-order valence-corrected chi connectivity index (χ2v) is 5.62. The highest BCUT2D eigenvalue weighted by atomic mass is 15.5. The van der Waals surface area contributed by atoms with Crippen LogP contribution in [0.4, 0.5) is 0 Å². The third-order valence-electron chi connectivity index (χ3n) is 4.44. The Kier molecular flexibility index (Phi) is 4.36. The van der Waals surface area contributed by atoms with Crippen LogP contribution in [0.1, 0.15) is 20.3 Å². The van der Waals surface area contributed by atoms with E-state index < -0.39 is 22.8 Å². The van der Waals surface area contributed by atoms with E-state index in [0.29, 0.717) is 6.42 Å². The van der Waals surface area contributed by atoms with Crippen LogP contribution < -0.4 is 5.43 Å². The Labute approximate surface area is 119 Å². The molecule has 1 fully saturated rings. The maximum Gasteiger partial charge on any atom is 0.165 e. The van der Waals surface area contributed by atoms with Gasteiger partial charge in [-0.3, -0.25) is 5.01 Å². The van der Waals surface area contributed by atoms with Crippen LogP contribution in [0.15, 0.2) is 0 Å². The lowest BCUT2D eigenvalue weighted by Gasteiger charge is -2.48. The molecule has 0 unspecified atom stereocenters. The first kappa shape index (κ1) is 15.9. The number of rotatable bonds is 2. The molecule has 3 atom stereocenters. The monoisotopic (exact) mass is 270 g/mol. The first-order chi connectivity index (χ1) is 9.34. The van der Waals surface area contributed by atoms with Gasteiger partial charge in [0.05, 0.1) is 30.3 Å². The molecule has 0 saturated heterocycles. The topological polar surface area (TPSA) is 110 Å². The molecule has 1 saturated carbocycles. The van der Waals surface area contributed by atoms with Gasteiger partial charge in [0.1, 0.15) is 0 Å². The molecule has 0 aliphatic heterocycles. The fourth-order valence-electron chi connectivity index (χ4n) is 3.09. The predicted molar refractivity (Wildman–Crippen MR) is 70.9 cm³/mol. The molecule has 6 nitrogen and oxygen atoms in total. The molecule has 20 heavy (non-hydrogen) atoms. The Morgan fingerprint density at radius 2 is 1.40 bits per heavy atom. The zero-order chi connectivity index (χ0) is 15.6. The van der Waals surface area contributed by atoms with Crippen molar-refractivity contribution >= 4 is 0 Å². The smallest absolute Gasteiger partial charge is 0.165 e. The molecule has 0 bridgehead atoms. The van der Waals surface area contributed by atoms with Crippen LogP contribution in [-0.4, -0.2) is 25.1 Å². The van der Waals surface area contributed by atoms with Crippen molar-refractivity contribution in [1.82, 2.24) is 10.4 Å². The quantitative estimate of drug-likeness (QED) is 0.754. The Bertz CT molecular complexity index is 510. The first-order valence-electron chi connectivity index (χ1n) is 6.43. The summed E-state index contributed by atoms with van der Waals surface area (Å²) in [5, 5.41) is 39.7. The van der Waals surface area contributed by atoms with Crippen molar-refractivity contribution in [3.63, 3.8) is 0 Å². The second-order valence-electron chi connectivity index (χ2n) is 5.62. The molecule has 0 heterocycles. The van der Waals surface area contributed by atoms with Crippen molar-refractivity contribution in [2.24, 2.45) is 22.7 Å². The summed E-state index contributed by atoms with van der Waals surface area (Å²) in [4.78, 5) is 0. The largest absolute Gasteiger partial charge is 0.250 e. The molecule has 1 N–H and O–H groups in total. The lowest BCUT2D eigenvalue weighted by atomic mass is 9.51. The average molecular weight is 270 g/mol.